The van der Waals surface area contributed by atoms with E-state index in [1.54, 1.807) is 0 Å². The predicted molar refractivity (Wildman–Crippen MR) is 86.0 cm³/mol. The quantitative estimate of drug-likeness (QED) is 0.713. The fraction of sp³-hybridized carbons (Fsp3) is 0.471. The summed E-state index contributed by atoms with van der Waals surface area (Å²) < 4.78 is 1.99. The minimum Gasteiger partial charge on any atom is -0.235 e. The Balaban J connectivity index is 2.69. The first-order valence-corrected chi connectivity index (χ1v) is 7.34. The van der Waals surface area contributed by atoms with Gasteiger partial charge in [0, 0.05) is 16.5 Å². The van der Waals surface area contributed by atoms with Gasteiger partial charge in [-0.1, -0.05) is 65.3 Å². The molecule has 2 rings (SSSR count). The minimum atomic E-state index is 0.00959. The zero-order valence-electron chi connectivity index (χ0n) is 13.2. The molecular weight excluding hydrogens is 268 g/mol. The molecule has 0 saturated carbocycles. The number of benzene rings is 1. The maximum absolute atomic E-state index is 6.34. The highest BCUT2D eigenvalue weighted by molar-refractivity contribution is 6.32. The van der Waals surface area contributed by atoms with E-state index in [1.807, 2.05) is 28.9 Å². The van der Waals surface area contributed by atoms with Crippen molar-refractivity contribution in [3.05, 3.63) is 46.7 Å². The Kier molecular flexibility index (Phi) is 3.72. The van der Waals surface area contributed by atoms with Gasteiger partial charge in [-0.3, -0.25) is 0 Å². The number of nitrogens with zero attached hydrogens (tertiary/aromatic N) is 2. The Bertz CT molecular complexity index is 613. The summed E-state index contributed by atoms with van der Waals surface area (Å²) in [5, 5.41) is 5.53. The normalized spacial score (nSPS) is 12.8. The first-order valence-electron chi connectivity index (χ1n) is 6.96. The van der Waals surface area contributed by atoms with Crippen LogP contribution in [-0.4, -0.2) is 9.78 Å². The average Bonchev–Trinajstić information content (AvgIpc) is 2.73. The summed E-state index contributed by atoms with van der Waals surface area (Å²) in [4.78, 5) is 0. The van der Waals surface area contributed by atoms with Gasteiger partial charge >= 0.3 is 0 Å². The molecule has 0 aliphatic rings. The van der Waals surface area contributed by atoms with Crippen LogP contribution in [0.2, 0.25) is 5.02 Å². The van der Waals surface area contributed by atoms with Gasteiger partial charge < -0.3 is 0 Å². The molecule has 0 N–H and O–H groups in total. The zero-order chi connectivity index (χ0) is 15.1. The standard InChI is InChI=1S/C17H23ClN2/c1-16(2,3)14-11-15(17(4,5)6)20(19-14)13-10-8-7-9-12(13)18/h7-11H,1-6H3. The van der Waals surface area contributed by atoms with Crippen molar-refractivity contribution in [2.24, 2.45) is 0 Å². The monoisotopic (exact) mass is 290 g/mol. The minimum absolute atomic E-state index is 0.00959. The van der Waals surface area contributed by atoms with Crippen molar-refractivity contribution in [1.29, 1.82) is 0 Å². The lowest BCUT2D eigenvalue weighted by Gasteiger charge is -2.20. The Morgan fingerprint density at radius 2 is 1.55 bits per heavy atom. The summed E-state index contributed by atoms with van der Waals surface area (Å²) in [7, 11) is 0. The second-order valence-electron chi connectivity index (χ2n) is 7.28. The van der Waals surface area contributed by atoms with Crippen LogP contribution < -0.4 is 0 Å². The summed E-state index contributed by atoms with van der Waals surface area (Å²) in [6.07, 6.45) is 0. The van der Waals surface area contributed by atoms with Gasteiger partial charge in [0.25, 0.3) is 0 Å². The van der Waals surface area contributed by atoms with E-state index in [0.29, 0.717) is 0 Å². The summed E-state index contributed by atoms with van der Waals surface area (Å²) >= 11 is 6.34. The second kappa shape index (κ2) is 4.92. The highest BCUT2D eigenvalue weighted by Crippen LogP contribution is 2.32. The van der Waals surface area contributed by atoms with E-state index in [4.69, 9.17) is 16.7 Å². The molecule has 0 aliphatic heterocycles. The average molecular weight is 291 g/mol. The number of aromatic nitrogens is 2. The molecule has 1 heterocycles. The Labute approximate surface area is 126 Å². The molecule has 0 spiro atoms. The van der Waals surface area contributed by atoms with E-state index in [1.165, 1.54) is 5.69 Å². The van der Waals surface area contributed by atoms with Gasteiger partial charge in [-0.25, -0.2) is 4.68 Å². The molecule has 2 nitrogen and oxygen atoms in total. The molecule has 2 aromatic rings. The van der Waals surface area contributed by atoms with E-state index in [-0.39, 0.29) is 10.8 Å². The third-order valence-electron chi connectivity index (χ3n) is 3.33. The summed E-state index contributed by atoms with van der Waals surface area (Å²) in [6.45, 7) is 13.1. The highest BCUT2D eigenvalue weighted by Gasteiger charge is 2.26. The van der Waals surface area contributed by atoms with Gasteiger partial charge in [-0.05, 0) is 18.2 Å². The number of hydrogen-bond donors (Lipinski definition) is 0. The van der Waals surface area contributed by atoms with Crippen molar-refractivity contribution in [2.45, 2.75) is 52.4 Å². The van der Waals surface area contributed by atoms with E-state index >= 15 is 0 Å². The summed E-state index contributed by atoms with van der Waals surface area (Å²) in [6, 6.07) is 10.0. The van der Waals surface area contributed by atoms with Gasteiger partial charge in [-0.15, -0.1) is 0 Å². The van der Waals surface area contributed by atoms with Crippen LogP contribution in [0.25, 0.3) is 5.69 Å². The van der Waals surface area contributed by atoms with Gasteiger partial charge in [0.15, 0.2) is 0 Å². The molecule has 0 bridgehead atoms. The highest BCUT2D eigenvalue weighted by atomic mass is 35.5. The van der Waals surface area contributed by atoms with Crippen molar-refractivity contribution in [2.75, 3.05) is 0 Å². The van der Waals surface area contributed by atoms with Crippen LogP contribution in [0.1, 0.15) is 52.9 Å². The van der Waals surface area contributed by atoms with E-state index in [2.05, 4.69) is 47.6 Å². The third kappa shape index (κ3) is 2.90. The van der Waals surface area contributed by atoms with Gasteiger partial charge in [0.05, 0.1) is 16.4 Å². The van der Waals surface area contributed by atoms with Crippen molar-refractivity contribution in [3.63, 3.8) is 0 Å². The van der Waals surface area contributed by atoms with Crippen molar-refractivity contribution < 1.29 is 0 Å². The van der Waals surface area contributed by atoms with Gasteiger partial charge in [-0.2, -0.15) is 5.10 Å². The maximum Gasteiger partial charge on any atom is 0.0835 e. The molecule has 0 unspecified atom stereocenters. The van der Waals surface area contributed by atoms with Gasteiger partial charge in [0.2, 0.25) is 0 Å². The molecule has 1 aromatic carbocycles. The van der Waals surface area contributed by atoms with Crippen molar-refractivity contribution >= 4 is 11.6 Å². The Morgan fingerprint density at radius 1 is 0.950 bits per heavy atom. The second-order valence-corrected chi connectivity index (χ2v) is 7.69. The molecule has 0 fully saturated rings. The molecule has 20 heavy (non-hydrogen) atoms. The first-order chi connectivity index (χ1) is 9.10. The van der Waals surface area contributed by atoms with Crippen LogP contribution in [0.15, 0.2) is 30.3 Å². The Hall–Kier alpha value is -1.28. The molecule has 108 valence electrons. The zero-order valence-corrected chi connectivity index (χ0v) is 13.9. The van der Waals surface area contributed by atoms with E-state index in [0.717, 1.165) is 16.4 Å². The SMILES string of the molecule is CC(C)(C)c1cc(C(C)(C)C)n(-c2ccccc2Cl)n1. The van der Waals surface area contributed by atoms with Crippen LogP contribution >= 0.6 is 11.6 Å². The molecule has 3 heteroatoms. The van der Waals surface area contributed by atoms with Crippen LogP contribution in [0, 0.1) is 0 Å². The fourth-order valence-corrected chi connectivity index (χ4v) is 2.30. The molecule has 0 aliphatic carbocycles. The lowest BCUT2D eigenvalue weighted by atomic mass is 9.88. The Morgan fingerprint density at radius 3 is 2.05 bits per heavy atom. The molecule has 0 radical (unpaired) electrons. The van der Waals surface area contributed by atoms with Crippen LogP contribution in [0.3, 0.4) is 0 Å². The number of hydrogen-bond acceptors (Lipinski definition) is 1. The number of halogens is 1. The molecule has 0 amide bonds. The van der Waals surface area contributed by atoms with Gasteiger partial charge in [0.1, 0.15) is 0 Å². The van der Waals surface area contributed by atoms with Crippen LogP contribution in [0.5, 0.6) is 0 Å². The van der Waals surface area contributed by atoms with Crippen molar-refractivity contribution in [1.82, 2.24) is 9.78 Å². The lowest BCUT2D eigenvalue weighted by Crippen LogP contribution is -2.17. The van der Waals surface area contributed by atoms with Crippen LogP contribution in [0.4, 0.5) is 0 Å². The summed E-state index contributed by atoms with van der Waals surface area (Å²) in [5.74, 6) is 0. The largest absolute Gasteiger partial charge is 0.235 e. The predicted octanol–water partition coefficient (Wildman–Crippen LogP) is 5.12. The molecular formula is C17H23ClN2. The first kappa shape index (κ1) is 15.1. The fourth-order valence-electron chi connectivity index (χ4n) is 2.09. The van der Waals surface area contributed by atoms with Crippen molar-refractivity contribution in [3.8, 4) is 5.69 Å². The number of para-hydroxylation sites is 1. The third-order valence-corrected chi connectivity index (χ3v) is 3.65. The van der Waals surface area contributed by atoms with E-state index < -0.39 is 0 Å². The summed E-state index contributed by atoms with van der Waals surface area (Å²) in [5.41, 5.74) is 3.23. The molecule has 0 atom stereocenters. The smallest absolute Gasteiger partial charge is 0.0835 e. The maximum atomic E-state index is 6.34. The molecule has 1 aromatic heterocycles. The van der Waals surface area contributed by atoms with E-state index in [9.17, 15) is 0 Å². The van der Waals surface area contributed by atoms with Crippen LogP contribution in [-0.2, 0) is 10.8 Å². The lowest BCUT2D eigenvalue weighted by molar-refractivity contribution is 0.537. The number of rotatable bonds is 1. The topological polar surface area (TPSA) is 17.8 Å². The molecule has 0 saturated heterocycles.